The zero-order valence-electron chi connectivity index (χ0n) is 18.3. The standard InChI is InChI=1S/C21H33N5O3/c1-21(2,3)29-20(28)26-13-17(14-26)24-19(22-4)23-11-10-15-8-7-9-16(12-15)18(27)25(5)6/h7-9,12,17H,10-11,13-14H2,1-6H3,(H2,22,23,24). The Morgan fingerprint density at radius 1 is 1.28 bits per heavy atom. The van der Waals surface area contributed by atoms with Gasteiger partial charge in [0.05, 0.1) is 6.04 Å². The Bertz CT molecular complexity index is 749. The summed E-state index contributed by atoms with van der Waals surface area (Å²) < 4.78 is 5.36. The van der Waals surface area contributed by atoms with E-state index in [-0.39, 0.29) is 18.0 Å². The molecule has 0 atom stereocenters. The fourth-order valence-electron chi connectivity index (χ4n) is 2.88. The summed E-state index contributed by atoms with van der Waals surface area (Å²) in [6, 6.07) is 7.81. The Balaban J connectivity index is 1.75. The van der Waals surface area contributed by atoms with Crippen molar-refractivity contribution in [3.8, 4) is 0 Å². The maximum Gasteiger partial charge on any atom is 0.410 e. The first-order valence-electron chi connectivity index (χ1n) is 9.85. The van der Waals surface area contributed by atoms with Crippen LogP contribution < -0.4 is 10.6 Å². The summed E-state index contributed by atoms with van der Waals surface area (Å²) in [5.41, 5.74) is 1.29. The molecule has 2 N–H and O–H groups in total. The van der Waals surface area contributed by atoms with Crippen LogP contribution in [0, 0.1) is 0 Å². The third kappa shape index (κ3) is 6.96. The SMILES string of the molecule is CN=C(NCCc1cccc(C(=O)N(C)C)c1)NC1CN(C(=O)OC(C)(C)C)C1. The molecule has 0 saturated carbocycles. The number of carbonyl (C=O) groups is 2. The van der Waals surface area contributed by atoms with Crippen LogP contribution in [-0.2, 0) is 11.2 Å². The number of likely N-dealkylation sites (tertiary alicyclic amines) is 1. The minimum atomic E-state index is -0.484. The van der Waals surface area contributed by atoms with Crippen LogP contribution >= 0.6 is 0 Å². The third-order valence-corrected chi connectivity index (χ3v) is 4.38. The highest BCUT2D eigenvalue weighted by Crippen LogP contribution is 2.15. The van der Waals surface area contributed by atoms with E-state index in [4.69, 9.17) is 4.74 Å². The lowest BCUT2D eigenvalue weighted by atomic mass is 10.1. The number of rotatable bonds is 5. The second kappa shape index (κ2) is 9.62. The highest BCUT2D eigenvalue weighted by atomic mass is 16.6. The van der Waals surface area contributed by atoms with E-state index in [1.54, 1.807) is 30.9 Å². The molecule has 160 valence electrons. The Morgan fingerprint density at radius 3 is 2.55 bits per heavy atom. The number of hydrogen-bond acceptors (Lipinski definition) is 4. The lowest BCUT2D eigenvalue weighted by Gasteiger charge is -2.40. The second-order valence-corrected chi connectivity index (χ2v) is 8.38. The molecule has 0 spiro atoms. The average Bonchev–Trinajstić information content (AvgIpc) is 2.60. The van der Waals surface area contributed by atoms with Crippen molar-refractivity contribution in [3.05, 3.63) is 35.4 Å². The lowest BCUT2D eigenvalue weighted by molar-refractivity contribution is 0.00700. The van der Waals surface area contributed by atoms with Gasteiger partial charge in [0.1, 0.15) is 5.60 Å². The van der Waals surface area contributed by atoms with E-state index < -0.39 is 5.60 Å². The molecular formula is C21H33N5O3. The Labute approximate surface area is 173 Å². The number of aliphatic imine (C=N–C) groups is 1. The molecule has 0 aliphatic carbocycles. The van der Waals surface area contributed by atoms with Crippen LogP contribution in [0.5, 0.6) is 0 Å². The maximum absolute atomic E-state index is 12.1. The predicted octanol–water partition coefficient (Wildman–Crippen LogP) is 1.72. The number of nitrogens with one attached hydrogen (secondary N) is 2. The molecular weight excluding hydrogens is 370 g/mol. The van der Waals surface area contributed by atoms with Crippen LogP contribution in [0.25, 0.3) is 0 Å². The normalized spacial score (nSPS) is 14.8. The van der Waals surface area contributed by atoms with Gasteiger partial charge in [-0.2, -0.15) is 0 Å². The van der Waals surface area contributed by atoms with Gasteiger partial charge in [-0.25, -0.2) is 4.79 Å². The molecule has 1 fully saturated rings. The molecule has 0 radical (unpaired) electrons. The van der Waals surface area contributed by atoms with E-state index in [2.05, 4.69) is 15.6 Å². The first kappa shape index (κ1) is 22.5. The van der Waals surface area contributed by atoms with Crippen LogP contribution in [0.3, 0.4) is 0 Å². The van der Waals surface area contributed by atoms with Gasteiger partial charge in [0.2, 0.25) is 0 Å². The van der Waals surface area contributed by atoms with Gasteiger partial charge in [0, 0.05) is 46.3 Å². The zero-order valence-corrected chi connectivity index (χ0v) is 18.3. The van der Waals surface area contributed by atoms with Crippen LogP contribution in [-0.4, -0.2) is 80.2 Å². The highest BCUT2D eigenvalue weighted by Gasteiger charge is 2.34. The summed E-state index contributed by atoms with van der Waals surface area (Å²) in [7, 11) is 5.21. The topological polar surface area (TPSA) is 86.3 Å². The molecule has 2 amide bonds. The van der Waals surface area contributed by atoms with E-state index in [0.29, 0.717) is 31.2 Å². The Hall–Kier alpha value is -2.77. The van der Waals surface area contributed by atoms with Gasteiger partial charge in [-0.1, -0.05) is 12.1 Å². The van der Waals surface area contributed by atoms with E-state index in [9.17, 15) is 9.59 Å². The van der Waals surface area contributed by atoms with E-state index in [0.717, 1.165) is 12.0 Å². The summed E-state index contributed by atoms with van der Waals surface area (Å²) in [6.07, 6.45) is 0.481. The third-order valence-electron chi connectivity index (χ3n) is 4.38. The number of hydrogen-bond donors (Lipinski definition) is 2. The lowest BCUT2D eigenvalue weighted by Crippen LogP contribution is -2.63. The summed E-state index contributed by atoms with van der Waals surface area (Å²) in [6.45, 7) is 7.44. The summed E-state index contributed by atoms with van der Waals surface area (Å²) in [5, 5.41) is 6.59. The number of nitrogens with zero attached hydrogens (tertiary/aromatic N) is 3. The number of ether oxygens (including phenoxy) is 1. The number of benzene rings is 1. The molecule has 8 nitrogen and oxygen atoms in total. The van der Waals surface area contributed by atoms with Crippen LogP contribution in [0.4, 0.5) is 4.79 Å². The van der Waals surface area contributed by atoms with Crippen molar-refractivity contribution in [3.63, 3.8) is 0 Å². The minimum absolute atomic E-state index is 0.00295. The van der Waals surface area contributed by atoms with Crippen molar-refractivity contribution in [2.24, 2.45) is 4.99 Å². The van der Waals surface area contributed by atoms with Crippen molar-refractivity contribution >= 4 is 18.0 Å². The van der Waals surface area contributed by atoms with Gasteiger partial charge in [-0.3, -0.25) is 9.79 Å². The van der Waals surface area contributed by atoms with Gasteiger partial charge in [0.15, 0.2) is 5.96 Å². The quantitative estimate of drug-likeness (QED) is 0.577. The fourth-order valence-corrected chi connectivity index (χ4v) is 2.88. The van der Waals surface area contributed by atoms with Crippen molar-refractivity contribution in [1.29, 1.82) is 0 Å². The second-order valence-electron chi connectivity index (χ2n) is 8.38. The summed E-state index contributed by atoms with van der Waals surface area (Å²) in [4.78, 5) is 31.6. The number of carbonyl (C=O) groups excluding carboxylic acids is 2. The first-order chi connectivity index (χ1) is 13.6. The monoisotopic (exact) mass is 403 g/mol. The smallest absolute Gasteiger partial charge is 0.410 e. The van der Waals surface area contributed by atoms with Gasteiger partial charge in [0.25, 0.3) is 5.91 Å². The summed E-state index contributed by atoms with van der Waals surface area (Å²) >= 11 is 0. The molecule has 0 bridgehead atoms. The largest absolute Gasteiger partial charge is 0.444 e. The van der Waals surface area contributed by atoms with Gasteiger partial charge in [-0.15, -0.1) is 0 Å². The van der Waals surface area contributed by atoms with Crippen molar-refractivity contribution in [1.82, 2.24) is 20.4 Å². The zero-order chi connectivity index (χ0) is 21.6. The first-order valence-corrected chi connectivity index (χ1v) is 9.85. The molecule has 1 aromatic carbocycles. The van der Waals surface area contributed by atoms with Gasteiger partial charge < -0.3 is 25.2 Å². The molecule has 0 unspecified atom stereocenters. The maximum atomic E-state index is 12.1. The van der Waals surface area contributed by atoms with Crippen LogP contribution in [0.15, 0.2) is 29.3 Å². The molecule has 29 heavy (non-hydrogen) atoms. The molecule has 0 aromatic heterocycles. The molecule has 1 aliphatic rings. The van der Waals surface area contributed by atoms with E-state index >= 15 is 0 Å². The van der Waals surface area contributed by atoms with Crippen molar-refractivity contribution in [2.75, 3.05) is 40.8 Å². The average molecular weight is 404 g/mol. The Kier molecular flexibility index (Phi) is 7.47. The van der Waals surface area contributed by atoms with Crippen molar-refractivity contribution in [2.45, 2.75) is 38.8 Å². The van der Waals surface area contributed by atoms with Gasteiger partial charge in [-0.05, 0) is 44.9 Å². The fraction of sp³-hybridized carbons (Fsp3) is 0.571. The Morgan fingerprint density at radius 2 is 1.97 bits per heavy atom. The van der Waals surface area contributed by atoms with Crippen molar-refractivity contribution < 1.29 is 14.3 Å². The molecule has 1 saturated heterocycles. The number of amides is 2. The molecule has 1 aromatic rings. The minimum Gasteiger partial charge on any atom is -0.444 e. The van der Waals surface area contributed by atoms with E-state index in [1.165, 1.54) is 0 Å². The molecule has 1 heterocycles. The van der Waals surface area contributed by atoms with Crippen LogP contribution in [0.1, 0.15) is 36.7 Å². The number of guanidine groups is 1. The predicted molar refractivity (Wildman–Crippen MR) is 114 cm³/mol. The molecule has 8 heteroatoms. The summed E-state index contributed by atoms with van der Waals surface area (Å²) in [5.74, 6) is 0.691. The van der Waals surface area contributed by atoms with E-state index in [1.807, 2.05) is 45.0 Å². The molecule has 1 aliphatic heterocycles. The highest BCUT2D eigenvalue weighted by molar-refractivity contribution is 5.94. The van der Waals surface area contributed by atoms with Crippen LogP contribution in [0.2, 0.25) is 0 Å². The molecule has 2 rings (SSSR count). The van der Waals surface area contributed by atoms with Gasteiger partial charge >= 0.3 is 6.09 Å².